The van der Waals surface area contributed by atoms with Crippen molar-refractivity contribution in [3.8, 4) is 0 Å². The van der Waals surface area contributed by atoms with Crippen LogP contribution in [0.25, 0.3) is 10.9 Å². The number of para-hydroxylation sites is 1. The molecule has 1 aliphatic carbocycles. The van der Waals surface area contributed by atoms with E-state index in [1.54, 1.807) is 18.5 Å². The maximum absolute atomic E-state index is 13.1. The minimum atomic E-state index is -2.30. The summed E-state index contributed by atoms with van der Waals surface area (Å²) in [5.74, 6) is -0.136. The summed E-state index contributed by atoms with van der Waals surface area (Å²) in [4.78, 5) is 20.4. The first-order valence-electron chi connectivity index (χ1n) is 8.61. The number of rotatable bonds is 2. The zero-order valence-corrected chi connectivity index (χ0v) is 11.5. The van der Waals surface area contributed by atoms with E-state index in [0.29, 0.717) is 22.9 Å². The summed E-state index contributed by atoms with van der Waals surface area (Å²) in [5, 5.41) is 0.703. The van der Waals surface area contributed by atoms with Crippen molar-refractivity contribution < 1.29 is 8.91 Å². The second-order valence-corrected chi connectivity index (χ2v) is 5.56. The van der Waals surface area contributed by atoms with E-state index in [0.717, 1.165) is 24.2 Å². The zero-order chi connectivity index (χ0) is 16.9. The van der Waals surface area contributed by atoms with Crippen molar-refractivity contribution in [1.82, 2.24) is 14.5 Å². The predicted octanol–water partition coefficient (Wildman–Crippen LogP) is 2.89. The van der Waals surface area contributed by atoms with Gasteiger partial charge in [0.25, 0.3) is 0 Å². The van der Waals surface area contributed by atoms with Crippen LogP contribution in [0, 0.1) is 5.92 Å². The number of imidazole rings is 1. The van der Waals surface area contributed by atoms with Gasteiger partial charge in [-0.3, -0.25) is 4.79 Å². The summed E-state index contributed by atoms with van der Waals surface area (Å²) in [5.41, 5.74) is 3.11. The lowest BCUT2D eigenvalue weighted by Crippen LogP contribution is -2.22. The lowest BCUT2D eigenvalue weighted by molar-refractivity contribution is 0.0909. The molecule has 106 valence electrons. The highest BCUT2D eigenvalue weighted by atomic mass is 16.1. The summed E-state index contributed by atoms with van der Waals surface area (Å²) in [6.07, 6.45) is 5.29. The predicted molar refractivity (Wildman–Crippen MR) is 81.4 cm³/mol. The molecule has 0 unspecified atom stereocenters. The number of fused-ring (bicyclic) bond motifs is 2. The highest BCUT2D eigenvalue weighted by molar-refractivity contribution is 6.09. The van der Waals surface area contributed by atoms with Crippen LogP contribution in [0.15, 0.2) is 36.8 Å². The number of H-pyrrole nitrogens is 1. The summed E-state index contributed by atoms with van der Waals surface area (Å²) >= 11 is 0. The van der Waals surface area contributed by atoms with E-state index in [-0.39, 0.29) is 11.7 Å². The average Bonchev–Trinajstić information content (AvgIpc) is 3.17. The molecule has 2 heterocycles. The Bertz CT molecular complexity index is 923. The molecular formula is C17H17N3O. The van der Waals surface area contributed by atoms with Crippen LogP contribution < -0.4 is 0 Å². The standard InChI is InChI=1S/C17H17N3O/c1-20-9-13(12-4-2-3-5-16(12)20)17(21)11-6-7-14-15(8-11)19-10-18-14/h2-5,9-11H,6-8H2,1H3,(H,18,19)/t11-/m0/s1/i1D3. The molecule has 3 aromatic rings. The molecule has 0 bridgehead atoms. The van der Waals surface area contributed by atoms with E-state index in [2.05, 4.69) is 9.97 Å². The summed E-state index contributed by atoms with van der Waals surface area (Å²) in [6, 6.07) is 7.18. The third-order valence-electron chi connectivity index (χ3n) is 4.34. The van der Waals surface area contributed by atoms with Crippen molar-refractivity contribution in [3.05, 3.63) is 53.7 Å². The first-order chi connectivity index (χ1) is 11.4. The van der Waals surface area contributed by atoms with Gasteiger partial charge in [0.2, 0.25) is 0 Å². The van der Waals surface area contributed by atoms with Gasteiger partial charge in [0.1, 0.15) is 0 Å². The molecule has 0 saturated heterocycles. The van der Waals surface area contributed by atoms with Gasteiger partial charge in [0, 0.05) is 45.4 Å². The first kappa shape index (κ1) is 9.55. The number of carbonyl (C=O) groups excluding carboxylic acids is 1. The normalized spacial score (nSPS) is 20.6. The molecular weight excluding hydrogens is 262 g/mol. The fourth-order valence-electron chi connectivity index (χ4n) is 3.22. The van der Waals surface area contributed by atoms with E-state index in [4.69, 9.17) is 4.11 Å². The number of benzene rings is 1. The molecule has 21 heavy (non-hydrogen) atoms. The summed E-state index contributed by atoms with van der Waals surface area (Å²) in [7, 11) is 0. The van der Waals surface area contributed by atoms with Gasteiger partial charge >= 0.3 is 0 Å². The number of nitrogens with zero attached hydrogens (tertiary/aromatic N) is 2. The number of hydrogen-bond donors (Lipinski definition) is 1. The van der Waals surface area contributed by atoms with Crippen LogP contribution in [0.4, 0.5) is 0 Å². The minimum absolute atomic E-state index is 0.00875. The number of carbonyl (C=O) groups is 1. The van der Waals surface area contributed by atoms with Gasteiger partial charge in [-0.05, 0) is 25.3 Å². The van der Waals surface area contributed by atoms with Crippen LogP contribution in [-0.4, -0.2) is 20.3 Å². The molecule has 0 amide bonds. The Kier molecular flexibility index (Phi) is 2.09. The number of aromatic nitrogens is 3. The van der Waals surface area contributed by atoms with Crippen molar-refractivity contribution >= 4 is 16.7 Å². The molecule has 4 heteroatoms. The fraction of sp³-hybridized carbons (Fsp3) is 0.294. The number of nitrogens with one attached hydrogen (secondary N) is 1. The second kappa shape index (κ2) is 4.58. The van der Waals surface area contributed by atoms with Crippen molar-refractivity contribution in [2.24, 2.45) is 12.9 Å². The highest BCUT2D eigenvalue weighted by Gasteiger charge is 2.28. The Morgan fingerprint density at radius 2 is 2.38 bits per heavy atom. The lowest BCUT2D eigenvalue weighted by atomic mass is 9.84. The van der Waals surface area contributed by atoms with Crippen LogP contribution in [0.3, 0.4) is 0 Å². The molecule has 0 spiro atoms. The minimum Gasteiger partial charge on any atom is -0.350 e. The lowest BCUT2D eigenvalue weighted by Gasteiger charge is -2.19. The van der Waals surface area contributed by atoms with Crippen molar-refractivity contribution in [2.75, 3.05) is 0 Å². The van der Waals surface area contributed by atoms with Crippen LogP contribution in [0.1, 0.15) is 32.3 Å². The third-order valence-corrected chi connectivity index (χ3v) is 4.34. The molecule has 1 aromatic carbocycles. The van der Waals surface area contributed by atoms with Crippen LogP contribution in [0.5, 0.6) is 0 Å². The number of aromatic amines is 1. The van der Waals surface area contributed by atoms with Crippen molar-refractivity contribution in [2.45, 2.75) is 19.3 Å². The molecule has 1 N–H and O–H groups in total. The van der Waals surface area contributed by atoms with Gasteiger partial charge in [0.15, 0.2) is 5.78 Å². The number of aryl methyl sites for hydroxylation is 2. The molecule has 0 aliphatic heterocycles. The molecule has 1 atom stereocenters. The largest absolute Gasteiger partial charge is 0.350 e. The topological polar surface area (TPSA) is 50.7 Å². The van der Waals surface area contributed by atoms with Gasteiger partial charge in [-0.25, -0.2) is 4.98 Å². The highest BCUT2D eigenvalue weighted by Crippen LogP contribution is 2.29. The van der Waals surface area contributed by atoms with Crippen molar-refractivity contribution in [3.63, 3.8) is 0 Å². The van der Waals surface area contributed by atoms with Crippen molar-refractivity contribution in [1.29, 1.82) is 0 Å². The summed E-state index contributed by atoms with van der Waals surface area (Å²) < 4.78 is 24.3. The Hall–Kier alpha value is -2.36. The molecule has 0 fully saturated rings. The van der Waals surface area contributed by atoms with E-state index < -0.39 is 6.98 Å². The smallest absolute Gasteiger partial charge is 0.168 e. The average molecular weight is 282 g/mol. The number of ketones is 1. The zero-order valence-electron chi connectivity index (χ0n) is 14.5. The maximum atomic E-state index is 13.1. The van der Waals surface area contributed by atoms with Gasteiger partial charge in [-0.1, -0.05) is 18.2 Å². The van der Waals surface area contributed by atoms with E-state index in [1.165, 1.54) is 10.8 Å². The molecule has 0 radical (unpaired) electrons. The maximum Gasteiger partial charge on any atom is 0.168 e. The Morgan fingerprint density at radius 1 is 1.48 bits per heavy atom. The Balaban J connectivity index is 1.76. The summed E-state index contributed by atoms with van der Waals surface area (Å²) in [6.45, 7) is -2.30. The quantitative estimate of drug-likeness (QED) is 0.735. The molecule has 0 saturated carbocycles. The van der Waals surface area contributed by atoms with E-state index in [9.17, 15) is 4.79 Å². The molecule has 4 nitrogen and oxygen atoms in total. The molecule has 2 aromatic heterocycles. The van der Waals surface area contributed by atoms with Gasteiger partial charge in [-0.2, -0.15) is 0 Å². The Morgan fingerprint density at radius 3 is 3.29 bits per heavy atom. The first-order valence-corrected chi connectivity index (χ1v) is 7.11. The number of Topliss-reactive ketones (excluding diaryl/α,β-unsaturated/α-hetero) is 1. The fourth-order valence-corrected chi connectivity index (χ4v) is 3.22. The van der Waals surface area contributed by atoms with Gasteiger partial charge in [0.05, 0.1) is 12.0 Å². The number of hydrogen-bond acceptors (Lipinski definition) is 2. The Labute approximate surface area is 127 Å². The molecule has 4 rings (SSSR count). The van der Waals surface area contributed by atoms with Gasteiger partial charge < -0.3 is 9.55 Å². The molecule has 1 aliphatic rings. The van der Waals surface area contributed by atoms with E-state index >= 15 is 0 Å². The third kappa shape index (κ3) is 1.90. The van der Waals surface area contributed by atoms with Crippen LogP contribution in [0.2, 0.25) is 0 Å². The SMILES string of the molecule is [2H]C([2H])([2H])n1cc(C(=O)[C@H]2CCc3nc[nH]c3C2)c2ccccc21. The van der Waals surface area contributed by atoms with Crippen LogP contribution >= 0.6 is 0 Å². The van der Waals surface area contributed by atoms with Crippen LogP contribution in [-0.2, 0) is 19.8 Å². The van der Waals surface area contributed by atoms with Gasteiger partial charge in [-0.15, -0.1) is 0 Å². The van der Waals surface area contributed by atoms with E-state index in [1.807, 2.05) is 12.1 Å². The second-order valence-electron chi connectivity index (χ2n) is 5.56. The monoisotopic (exact) mass is 282 g/mol.